The zero-order valence-electron chi connectivity index (χ0n) is 13.6. The molecule has 0 atom stereocenters. The van der Waals surface area contributed by atoms with Crippen molar-refractivity contribution >= 4 is 23.3 Å². The molecule has 0 aliphatic carbocycles. The summed E-state index contributed by atoms with van der Waals surface area (Å²) in [5.74, 6) is -0.880. The van der Waals surface area contributed by atoms with Crippen molar-refractivity contribution in [2.45, 2.75) is 6.92 Å². The molecule has 130 valence electrons. The van der Waals surface area contributed by atoms with Gasteiger partial charge in [0.25, 0.3) is 11.6 Å². The van der Waals surface area contributed by atoms with E-state index < -0.39 is 16.8 Å². The van der Waals surface area contributed by atoms with Crippen molar-refractivity contribution < 1.29 is 24.0 Å². The largest absolute Gasteiger partial charge is 0.483 e. The molecule has 8 heteroatoms. The molecule has 1 N–H and O–H groups in total. The van der Waals surface area contributed by atoms with E-state index in [4.69, 9.17) is 4.74 Å². The lowest BCUT2D eigenvalue weighted by atomic mass is 10.2. The van der Waals surface area contributed by atoms with Gasteiger partial charge in [-0.3, -0.25) is 14.9 Å². The molecule has 0 aromatic heterocycles. The van der Waals surface area contributed by atoms with Crippen molar-refractivity contribution in [3.8, 4) is 5.75 Å². The number of carbonyl (C=O) groups excluding carboxylic acids is 2. The van der Waals surface area contributed by atoms with Crippen LogP contribution in [0.3, 0.4) is 0 Å². The molecule has 0 bridgehead atoms. The van der Waals surface area contributed by atoms with Crippen molar-refractivity contribution in [1.82, 2.24) is 0 Å². The molecule has 0 saturated carbocycles. The molecule has 8 nitrogen and oxygen atoms in total. The first-order chi connectivity index (χ1) is 11.9. The van der Waals surface area contributed by atoms with E-state index in [1.54, 1.807) is 25.1 Å². The Balaban J connectivity index is 2.06. The number of anilines is 1. The van der Waals surface area contributed by atoms with Crippen LogP contribution in [-0.4, -0.2) is 30.5 Å². The Morgan fingerprint density at radius 1 is 1.20 bits per heavy atom. The molecule has 1 amide bonds. The first-order valence-electron chi connectivity index (χ1n) is 7.27. The number of benzene rings is 2. The highest BCUT2D eigenvalue weighted by Gasteiger charge is 2.15. The first kappa shape index (κ1) is 17.9. The molecular formula is C17H16N2O6. The third kappa shape index (κ3) is 4.54. The maximum absolute atomic E-state index is 12.0. The van der Waals surface area contributed by atoms with E-state index in [0.29, 0.717) is 11.3 Å². The van der Waals surface area contributed by atoms with Crippen LogP contribution in [0.25, 0.3) is 0 Å². The molecule has 0 saturated heterocycles. The van der Waals surface area contributed by atoms with Crippen LogP contribution in [0.15, 0.2) is 42.5 Å². The normalized spacial score (nSPS) is 10.0. The van der Waals surface area contributed by atoms with E-state index in [2.05, 4.69) is 10.1 Å². The zero-order chi connectivity index (χ0) is 18.4. The number of nitro benzene ring substituents is 1. The van der Waals surface area contributed by atoms with E-state index >= 15 is 0 Å². The molecule has 2 rings (SSSR count). The molecule has 0 aliphatic heterocycles. The number of methoxy groups -OCH3 is 1. The minimum absolute atomic E-state index is 0.127. The summed E-state index contributed by atoms with van der Waals surface area (Å²) in [6.07, 6.45) is 0. The number of rotatable bonds is 6. The van der Waals surface area contributed by atoms with E-state index in [1.165, 1.54) is 31.4 Å². The molecule has 0 heterocycles. The number of hydrogen-bond acceptors (Lipinski definition) is 6. The van der Waals surface area contributed by atoms with E-state index in [-0.39, 0.29) is 23.6 Å². The second-order valence-electron chi connectivity index (χ2n) is 5.08. The minimum atomic E-state index is -0.578. The lowest BCUT2D eigenvalue weighted by molar-refractivity contribution is -0.384. The second kappa shape index (κ2) is 7.91. The van der Waals surface area contributed by atoms with Gasteiger partial charge in [0.2, 0.25) is 0 Å². The van der Waals surface area contributed by atoms with Gasteiger partial charge in [-0.15, -0.1) is 0 Å². The number of carbonyl (C=O) groups is 2. The Hall–Kier alpha value is -3.42. The number of nitrogens with zero attached hydrogens (tertiary/aromatic N) is 1. The molecule has 0 fully saturated rings. The maximum atomic E-state index is 12.0. The van der Waals surface area contributed by atoms with Crippen molar-refractivity contribution in [3.05, 3.63) is 63.7 Å². The summed E-state index contributed by atoms with van der Waals surface area (Å²) in [4.78, 5) is 34.0. The molecule has 25 heavy (non-hydrogen) atoms. The lowest BCUT2D eigenvalue weighted by Crippen LogP contribution is -2.21. The highest BCUT2D eigenvalue weighted by molar-refractivity contribution is 5.94. The number of esters is 1. The number of hydrogen-bond donors (Lipinski definition) is 1. The van der Waals surface area contributed by atoms with Gasteiger partial charge in [-0.1, -0.05) is 18.2 Å². The Bertz CT molecular complexity index is 819. The highest BCUT2D eigenvalue weighted by atomic mass is 16.6. The summed E-state index contributed by atoms with van der Waals surface area (Å²) in [6, 6.07) is 10.5. The van der Waals surface area contributed by atoms with Crippen molar-refractivity contribution in [2.24, 2.45) is 0 Å². The number of amides is 1. The van der Waals surface area contributed by atoms with Crippen LogP contribution < -0.4 is 10.1 Å². The molecule has 0 spiro atoms. The molecule has 2 aromatic carbocycles. The lowest BCUT2D eigenvalue weighted by Gasteiger charge is -2.11. The quantitative estimate of drug-likeness (QED) is 0.490. The molecule has 2 aromatic rings. The highest BCUT2D eigenvalue weighted by Crippen LogP contribution is 2.22. The monoisotopic (exact) mass is 344 g/mol. The van der Waals surface area contributed by atoms with E-state index in [1.807, 2.05) is 0 Å². The number of nitrogens with one attached hydrogen (secondary N) is 1. The summed E-state index contributed by atoms with van der Waals surface area (Å²) in [7, 11) is 1.25. The Morgan fingerprint density at radius 3 is 2.60 bits per heavy atom. The van der Waals surface area contributed by atoms with Gasteiger partial charge in [0, 0.05) is 12.1 Å². The summed E-state index contributed by atoms with van der Waals surface area (Å²) in [5.41, 5.74) is 1.07. The second-order valence-corrected chi connectivity index (χ2v) is 5.08. The van der Waals surface area contributed by atoms with Crippen LogP contribution in [0, 0.1) is 17.0 Å². The fraction of sp³-hybridized carbons (Fsp3) is 0.176. The van der Waals surface area contributed by atoms with Crippen LogP contribution in [0.1, 0.15) is 15.9 Å². The van der Waals surface area contributed by atoms with Gasteiger partial charge in [-0.25, -0.2) is 4.79 Å². The Morgan fingerprint density at radius 2 is 1.92 bits per heavy atom. The average Bonchev–Trinajstić information content (AvgIpc) is 2.61. The molecule has 0 aliphatic rings. The first-order valence-corrected chi connectivity index (χ1v) is 7.27. The Kier molecular flexibility index (Phi) is 5.67. The van der Waals surface area contributed by atoms with Crippen LogP contribution in [0.4, 0.5) is 11.4 Å². The van der Waals surface area contributed by atoms with Gasteiger partial charge in [0.1, 0.15) is 11.3 Å². The van der Waals surface area contributed by atoms with Crippen molar-refractivity contribution in [1.29, 1.82) is 0 Å². The Labute approximate surface area is 143 Å². The van der Waals surface area contributed by atoms with Crippen LogP contribution >= 0.6 is 0 Å². The summed E-state index contributed by atoms with van der Waals surface area (Å²) in [5, 5.41) is 13.4. The van der Waals surface area contributed by atoms with Gasteiger partial charge in [-0.2, -0.15) is 0 Å². The van der Waals surface area contributed by atoms with Gasteiger partial charge in [0.15, 0.2) is 6.61 Å². The summed E-state index contributed by atoms with van der Waals surface area (Å²) >= 11 is 0. The van der Waals surface area contributed by atoms with Crippen molar-refractivity contribution in [3.63, 3.8) is 0 Å². The maximum Gasteiger partial charge on any atom is 0.341 e. The number of para-hydroxylation sites is 1. The van der Waals surface area contributed by atoms with Crippen LogP contribution in [0.5, 0.6) is 5.75 Å². The smallest absolute Gasteiger partial charge is 0.341 e. The van der Waals surface area contributed by atoms with Gasteiger partial charge in [0.05, 0.1) is 17.7 Å². The average molecular weight is 344 g/mol. The summed E-state index contributed by atoms with van der Waals surface area (Å²) in [6.45, 7) is 1.35. The number of nitro groups is 1. The van der Waals surface area contributed by atoms with E-state index in [9.17, 15) is 19.7 Å². The molecular weight excluding hydrogens is 328 g/mol. The SMILES string of the molecule is COC(=O)c1ccccc1OCC(=O)Nc1cc([N+](=O)[O-])ccc1C. The third-order valence-corrected chi connectivity index (χ3v) is 3.36. The number of ether oxygens (including phenoxy) is 2. The van der Waals surface area contributed by atoms with Gasteiger partial charge >= 0.3 is 5.97 Å². The van der Waals surface area contributed by atoms with Crippen LogP contribution in [-0.2, 0) is 9.53 Å². The van der Waals surface area contributed by atoms with Gasteiger partial charge in [-0.05, 0) is 24.6 Å². The van der Waals surface area contributed by atoms with Crippen molar-refractivity contribution in [2.75, 3.05) is 19.0 Å². The molecule has 0 unspecified atom stereocenters. The topological polar surface area (TPSA) is 108 Å². The fourth-order valence-electron chi connectivity index (χ4n) is 2.06. The number of non-ortho nitro benzene ring substituents is 1. The predicted octanol–water partition coefficient (Wildman–Crippen LogP) is 2.71. The molecule has 0 radical (unpaired) electrons. The minimum Gasteiger partial charge on any atom is -0.483 e. The van der Waals surface area contributed by atoms with Crippen LogP contribution in [0.2, 0.25) is 0 Å². The zero-order valence-corrected chi connectivity index (χ0v) is 13.6. The summed E-state index contributed by atoms with van der Waals surface area (Å²) < 4.78 is 10.0. The van der Waals surface area contributed by atoms with Gasteiger partial charge < -0.3 is 14.8 Å². The van der Waals surface area contributed by atoms with E-state index in [0.717, 1.165) is 0 Å². The standard InChI is InChI=1S/C17H16N2O6/c1-11-7-8-12(19(22)23)9-14(11)18-16(20)10-25-15-6-4-3-5-13(15)17(21)24-2/h3-9H,10H2,1-2H3,(H,18,20). The fourth-order valence-corrected chi connectivity index (χ4v) is 2.06. The number of aryl methyl sites for hydroxylation is 1. The predicted molar refractivity (Wildman–Crippen MR) is 89.7 cm³/mol. The third-order valence-electron chi connectivity index (χ3n) is 3.36.